The third-order valence-corrected chi connectivity index (χ3v) is 6.04. The Bertz CT molecular complexity index is 1020. The van der Waals surface area contributed by atoms with Crippen molar-refractivity contribution in [2.45, 2.75) is 23.3 Å². The van der Waals surface area contributed by atoms with E-state index < -0.39 is 14.9 Å². The van der Waals surface area contributed by atoms with Crippen molar-refractivity contribution in [3.8, 4) is 0 Å². The molecule has 0 saturated carbocycles. The first-order valence-electron chi connectivity index (χ1n) is 8.19. The van der Waals surface area contributed by atoms with Gasteiger partial charge in [0.15, 0.2) is 0 Å². The van der Waals surface area contributed by atoms with Gasteiger partial charge in [0, 0.05) is 23.7 Å². The maximum atomic E-state index is 11.7. The summed E-state index contributed by atoms with van der Waals surface area (Å²) in [4.78, 5) is 10.6. The van der Waals surface area contributed by atoms with Crippen molar-refractivity contribution < 1.29 is 13.3 Å². The molecule has 26 heavy (non-hydrogen) atoms. The third kappa shape index (κ3) is 2.77. The fourth-order valence-electron chi connectivity index (χ4n) is 3.88. The molecule has 0 unspecified atom stereocenters. The SMILES string of the molecule is NS(=O)(=O)c1ccc2c(c1)[C@H]1C=CC[C@H]1[C@H](c1ccc([N+](=O)[O-])cc1)N2. The lowest BCUT2D eigenvalue weighted by Gasteiger charge is -2.37. The minimum Gasteiger partial charge on any atom is -0.378 e. The molecule has 7 nitrogen and oxygen atoms in total. The van der Waals surface area contributed by atoms with Crippen molar-refractivity contribution >= 4 is 21.4 Å². The Labute approximate surface area is 150 Å². The highest BCUT2D eigenvalue weighted by Crippen LogP contribution is 2.50. The van der Waals surface area contributed by atoms with E-state index in [-0.39, 0.29) is 28.5 Å². The van der Waals surface area contributed by atoms with E-state index >= 15 is 0 Å². The number of nitrogens with two attached hydrogens (primary N) is 1. The first-order chi connectivity index (χ1) is 12.3. The number of benzene rings is 2. The van der Waals surface area contributed by atoms with Crippen LogP contribution >= 0.6 is 0 Å². The zero-order chi connectivity index (χ0) is 18.5. The zero-order valence-corrected chi connectivity index (χ0v) is 14.5. The molecule has 3 N–H and O–H groups in total. The van der Waals surface area contributed by atoms with E-state index in [0.717, 1.165) is 23.2 Å². The van der Waals surface area contributed by atoms with Crippen LogP contribution in [0.4, 0.5) is 11.4 Å². The van der Waals surface area contributed by atoms with E-state index in [4.69, 9.17) is 5.14 Å². The number of hydrogen-bond donors (Lipinski definition) is 2. The summed E-state index contributed by atoms with van der Waals surface area (Å²) < 4.78 is 23.3. The average Bonchev–Trinajstić information content (AvgIpc) is 3.10. The maximum absolute atomic E-state index is 11.7. The fraction of sp³-hybridized carbons (Fsp3) is 0.222. The zero-order valence-electron chi connectivity index (χ0n) is 13.7. The van der Waals surface area contributed by atoms with Gasteiger partial charge in [0.25, 0.3) is 5.69 Å². The molecule has 134 valence electrons. The number of nitrogens with one attached hydrogen (secondary N) is 1. The van der Waals surface area contributed by atoms with Crippen molar-refractivity contribution in [3.05, 3.63) is 75.9 Å². The van der Waals surface area contributed by atoms with Crippen molar-refractivity contribution in [2.75, 3.05) is 5.32 Å². The van der Waals surface area contributed by atoms with Gasteiger partial charge in [0.1, 0.15) is 0 Å². The number of primary sulfonamides is 1. The summed E-state index contributed by atoms with van der Waals surface area (Å²) in [6.07, 6.45) is 5.03. The number of non-ortho nitro benzene ring substituents is 1. The summed E-state index contributed by atoms with van der Waals surface area (Å²) in [5, 5.41) is 19.6. The standard InChI is InChI=1S/C18H17N3O4S/c19-26(24,25)13-8-9-17-16(10-13)14-2-1-3-15(14)18(20-17)11-4-6-12(7-5-11)21(22)23/h1-2,4-10,14-15,18,20H,3H2,(H2,19,24,25)/t14-,15+,18-/m0/s1. The molecule has 2 aromatic rings. The lowest BCUT2D eigenvalue weighted by atomic mass is 9.77. The van der Waals surface area contributed by atoms with Crippen LogP contribution in [0.25, 0.3) is 0 Å². The monoisotopic (exact) mass is 371 g/mol. The van der Waals surface area contributed by atoms with Gasteiger partial charge in [-0.3, -0.25) is 10.1 Å². The summed E-state index contributed by atoms with van der Waals surface area (Å²) in [5.41, 5.74) is 2.79. The predicted molar refractivity (Wildman–Crippen MR) is 97.3 cm³/mol. The first-order valence-corrected chi connectivity index (χ1v) is 9.73. The van der Waals surface area contributed by atoms with Crippen LogP contribution in [-0.4, -0.2) is 13.3 Å². The molecule has 1 aliphatic carbocycles. The van der Waals surface area contributed by atoms with E-state index in [9.17, 15) is 18.5 Å². The summed E-state index contributed by atoms with van der Waals surface area (Å²) in [6, 6.07) is 11.4. The number of nitrogens with zero attached hydrogens (tertiary/aromatic N) is 1. The van der Waals surface area contributed by atoms with Gasteiger partial charge < -0.3 is 5.32 Å². The molecule has 0 amide bonds. The third-order valence-electron chi connectivity index (χ3n) is 5.13. The topological polar surface area (TPSA) is 115 Å². The molecular formula is C18H17N3O4S. The molecule has 8 heteroatoms. The minimum atomic E-state index is -3.76. The largest absolute Gasteiger partial charge is 0.378 e. The van der Waals surface area contributed by atoms with Crippen molar-refractivity contribution in [1.82, 2.24) is 0 Å². The van der Waals surface area contributed by atoms with Crippen LogP contribution in [0, 0.1) is 16.0 Å². The lowest BCUT2D eigenvalue weighted by Crippen LogP contribution is -2.29. The Morgan fingerprint density at radius 1 is 1.15 bits per heavy atom. The van der Waals surface area contributed by atoms with Gasteiger partial charge in [-0.05, 0) is 41.7 Å². The van der Waals surface area contributed by atoms with Gasteiger partial charge in [0.05, 0.1) is 15.9 Å². The van der Waals surface area contributed by atoms with Gasteiger partial charge in [-0.1, -0.05) is 24.3 Å². The molecule has 2 aliphatic rings. The Morgan fingerprint density at radius 2 is 1.88 bits per heavy atom. The van der Waals surface area contributed by atoms with Gasteiger partial charge in [-0.15, -0.1) is 0 Å². The smallest absolute Gasteiger partial charge is 0.269 e. The van der Waals surface area contributed by atoms with Crippen LogP contribution in [-0.2, 0) is 10.0 Å². The van der Waals surface area contributed by atoms with E-state index in [1.165, 1.54) is 18.2 Å². The molecule has 0 bridgehead atoms. The molecule has 0 aromatic heterocycles. The second-order valence-corrected chi connectivity index (χ2v) is 8.18. The molecule has 1 heterocycles. The molecule has 0 saturated heterocycles. The van der Waals surface area contributed by atoms with Gasteiger partial charge in [0.2, 0.25) is 10.0 Å². The lowest BCUT2D eigenvalue weighted by molar-refractivity contribution is -0.384. The van der Waals surface area contributed by atoms with E-state index in [2.05, 4.69) is 17.5 Å². The second kappa shape index (κ2) is 5.93. The maximum Gasteiger partial charge on any atom is 0.269 e. The predicted octanol–water partition coefficient (Wildman–Crippen LogP) is 3.07. The van der Waals surface area contributed by atoms with Crippen LogP contribution in [0.3, 0.4) is 0 Å². The average molecular weight is 371 g/mol. The highest BCUT2D eigenvalue weighted by Gasteiger charge is 2.38. The van der Waals surface area contributed by atoms with E-state index in [0.29, 0.717) is 0 Å². The number of sulfonamides is 1. The number of allylic oxidation sites excluding steroid dienone is 2. The summed E-state index contributed by atoms with van der Waals surface area (Å²) >= 11 is 0. The molecule has 0 radical (unpaired) electrons. The first kappa shape index (κ1) is 16.7. The Balaban J connectivity index is 1.74. The quantitative estimate of drug-likeness (QED) is 0.489. The molecule has 3 atom stereocenters. The van der Waals surface area contributed by atoms with E-state index in [1.54, 1.807) is 24.3 Å². The minimum absolute atomic E-state index is 0.0105. The van der Waals surface area contributed by atoms with Gasteiger partial charge in [-0.2, -0.15) is 0 Å². The van der Waals surface area contributed by atoms with Gasteiger partial charge >= 0.3 is 0 Å². The molecule has 2 aromatic carbocycles. The Morgan fingerprint density at radius 3 is 2.54 bits per heavy atom. The summed E-state index contributed by atoms with van der Waals surface area (Å²) in [6.45, 7) is 0. The summed E-state index contributed by atoms with van der Waals surface area (Å²) in [7, 11) is -3.76. The second-order valence-electron chi connectivity index (χ2n) is 6.62. The van der Waals surface area contributed by atoms with Crippen molar-refractivity contribution in [1.29, 1.82) is 0 Å². The number of nitro groups is 1. The van der Waals surface area contributed by atoms with Crippen LogP contribution < -0.4 is 10.5 Å². The fourth-order valence-corrected chi connectivity index (χ4v) is 4.43. The van der Waals surface area contributed by atoms with E-state index in [1.807, 2.05) is 0 Å². The molecule has 0 spiro atoms. The summed E-state index contributed by atoms with van der Waals surface area (Å²) in [5.74, 6) is 0.285. The highest BCUT2D eigenvalue weighted by atomic mass is 32.2. The normalized spacial score (nSPS) is 23.8. The van der Waals surface area contributed by atoms with Crippen molar-refractivity contribution in [3.63, 3.8) is 0 Å². The molecule has 1 aliphatic heterocycles. The molecular weight excluding hydrogens is 354 g/mol. The number of rotatable bonds is 3. The Hall–Kier alpha value is -2.71. The highest BCUT2D eigenvalue weighted by molar-refractivity contribution is 7.89. The Kier molecular flexibility index (Phi) is 3.82. The number of hydrogen-bond acceptors (Lipinski definition) is 5. The molecule has 4 rings (SSSR count). The number of fused-ring (bicyclic) bond motifs is 3. The number of anilines is 1. The molecule has 0 fully saturated rings. The van der Waals surface area contributed by atoms with Gasteiger partial charge in [-0.25, -0.2) is 13.6 Å². The van der Waals surface area contributed by atoms with Crippen LogP contribution in [0.1, 0.15) is 29.5 Å². The van der Waals surface area contributed by atoms with Crippen LogP contribution in [0.15, 0.2) is 59.5 Å². The van der Waals surface area contributed by atoms with Crippen LogP contribution in [0.2, 0.25) is 0 Å². The number of nitro benzene ring substituents is 1. The van der Waals surface area contributed by atoms with Crippen LogP contribution in [0.5, 0.6) is 0 Å². The van der Waals surface area contributed by atoms with Crippen molar-refractivity contribution in [2.24, 2.45) is 11.1 Å².